The van der Waals surface area contributed by atoms with Crippen LogP contribution in [0.4, 0.5) is 0 Å². The molecule has 2 rings (SSSR count). The molecule has 1 aromatic heterocycles. The summed E-state index contributed by atoms with van der Waals surface area (Å²) in [6.45, 7) is 8.09. The van der Waals surface area contributed by atoms with Crippen LogP contribution < -0.4 is 5.32 Å². The van der Waals surface area contributed by atoms with Crippen molar-refractivity contribution in [2.45, 2.75) is 24.9 Å². The summed E-state index contributed by atoms with van der Waals surface area (Å²) in [5, 5.41) is 5.81. The summed E-state index contributed by atoms with van der Waals surface area (Å²) in [5.74, 6) is 0.782. The maximum absolute atomic E-state index is 11.8. The van der Waals surface area contributed by atoms with Crippen molar-refractivity contribution in [3.63, 3.8) is 0 Å². The Balaban J connectivity index is 1.91. The van der Waals surface area contributed by atoms with Gasteiger partial charge in [0.2, 0.25) is 5.91 Å². The molecule has 1 amide bonds. The molecular formula is C17H20N2OS2. The minimum Gasteiger partial charge on any atom is -0.352 e. The van der Waals surface area contributed by atoms with Crippen molar-refractivity contribution < 1.29 is 4.79 Å². The van der Waals surface area contributed by atoms with Crippen molar-refractivity contribution in [2.24, 2.45) is 0 Å². The fourth-order valence-electron chi connectivity index (χ4n) is 1.80. The topological polar surface area (TPSA) is 42.0 Å². The Kier molecular flexibility index (Phi) is 6.21. The number of rotatable bonds is 7. The van der Waals surface area contributed by atoms with Gasteiger partial charge in [0, 0.05) is 23.2 Å². The van der Waals surface area contributed by atoms with E-state index in [1.807, 2.05) is 6.92 Å². The molecule has 22 heavy (non-hydrogen) atoms. The van der Waals surface area contributed by atoms with Crippen molar-refractivity contribution in [3.05, 3.63) is 53.6 Å². The molecule has 0 aliphatic carbocycles. The number of carbonyl (C=O) groups is 1. The molecule has 0 spiro atoms. The fourth-order valence-corrected chi connectivity index (χ4v) is 3.54. The molecule has 0 radical (unpaired) electrons. The van der Waals surface area contributed by atoms with Crippen LogP contribution in [0.1, 0.15) is 18.2 Å². The predicted molar refractivity (Wildman–Crippen MR) is 96.3 cm³/mol. The molecule has 0 bridgehead atoms. The van der Waals surface area contributed by atoms with E-state index < -0.39 is 0 Å². The molecule has 3 nitrogen and oxygen atoms in total. The number of benzene rings is 1. The number of nitrogens with one attached hydrogen (secondary N) is 1. The number of hydrogen-bond acceptors (Lipinski definition) is 4. The van der Waals surface area contributed by atoms with Gasteiger partial charge in [-0.25, -0.2) is 4.98 Å². The molecule has 5 heteroatoms. The molecule has 1 atom stereocenters. The minimum atomic E-state index is -0.0931. The lowest BCUT2D eigenvalue weighted by atomic mass is 10.2. The highest BCUT2D eigenvalue weighted by Gasteiger charge is 2.13. The molecule has 0 aliphatic rings. The van der Waals surface area contributed by atoms with Gasteiger partial charge in [0.25, 0.3) is 0 Å². The largest absolute Gasteiger partial charge is 0.352 e. The number of thioether (sulfide) groups is 1. The third kappa shape index (κ3) is 4.71. The maximum Gasteiger partial charge on any atom is 0.233 e. The summed E-state index contributed by atoms with van der Waals surface area (Å²) in [7, 11) is 0. The quantitative estimate of drug-likeness (QED) is 0.778. The van der Waals surface area contributed by atoms with Crippen molar-refractivity contribution in [3.8, 4) is 10.6 Å². The monoisotopic (exact) mass is 332 g/mol. The van der Waals surface area contributed by atoms with E-state index >= 15 is 0 Å². The van der Waals surface area contributed by atoms with E-state index in [1.54, 1.807) is 29.2 Å². The number of aromatic nitrogens is 1. The third-order valence-electron chi connectivity index (χ3n) is 3.12. The van der Waals surface area contributed by atoms with E-state index in [-0.39, 0.29) is 11.2 Å². The number of hydrogen-bond donors (Lipinski definition) is 1. The van der Waals surface area contributed by atoms with E-state index in [1.165, 1.54) is 5.56 Å². The van der Waals surface area contributed by atoms with E-state index in [4.69, 9.17) is 0 Å². The average Bonchev–Trinajstić information content (AvgIpc) is 2.99. The third-order valence-corrected chi connectivity index (χ3v) is 5.24. The standard InChI is InChI=1S/C17H20N2OS2/c1-4-9-18-16(20)13(3)21-10-15-11-22-17(19-15)14-7-5-12(2)6-8-14/h4-8,11,13H,1,9-10H2,2-3H3,(H,18,20)/t13-/m1/s1. The zero-order valence-electron chi connectivity index (χ0n) is 12.8. The van der Waals surface area contributed by atoms with Gasteiger partial charge in [-0.2, -0.15) is 0 Å². The van der Waals surface area contributed by atoms with Gasteiger partial charge in [-0.3, -0.25) is 4.79 Å². The Bertz CT molecular complexity index is 634. The van der Waals surface area contributed by atoms with Crippen molar-refractivity contribution >= 4 is 29.0 Å². The number of amides is 1. The minimum absolute atomic E-state index is 0.0406. The molecule has 1 aromatic carbocycles. The Hall–Kier alpha value is -1.59. The van der Waals surface area contributed by atoms with Gasteiger partial charge in [0.1, 0.15) is 5.01 Å². The fraction of sp³-hybridized carbons (Fsp3) is 0.294. The molecule has 1 N–H and O–H groups in total. The summed E-state index contributed by atoms with van der Waals surface area (Å²) in [4.78, 5) is 16.4. The number of thiazole rings is 1. The van der Waals surface area contributed by atoms with Crippen molar-refractivity contribution in [1.29, 1.82) is 0 Å². The van der Waals surface area contributed by atoms with Gasteiger partial charge in [-0.05, 0) is 13.8 Å². The number of aryl methyl sites for hydroxylation is 1. The highest BCUT2D eigenvalue weighted by atomic mass is 32.2. The summed E-state index contributed by atoms with van der Waals surface area (Å²) in [5.41, 5.74) is 3.41. The first-order valence-electron chi connectivity index (χ1n) is 7.12. The van der Waals surface area contributed by atoms with Gasteiger partial charge in [-0.15, -0.1) is 29.7 Å². The van der Waals surface area contributed by atoms with E-state index in [2.05, 4.69) is 53.4 Å². The summed E-state index contributed by atoms with van der Waals surface area (Å²) >= 11 is 3.24. The second-order valence-corrected chi connectivity index (χ2v) is 7.18. The van der Waals surface area contributed by atoms with E-state index in [0.29, 0.717) is 6.54 Å². The first-order valence-corrected chi connectivity index (χ1v) is 9.04. The molecule has 2 aromatic rings. The Morgan fingerprint density at radius 2 is 2.18 bits per heavy atom. The SMILES string of the molecule is C=CCNC(=O)[C@@H](C)SCc1csc(-c2ccc(C)cc2)n1. The van der Waals surface area contributed by atoms with E-state index in [0.717, 1.165) is 22.0 Å². The summed E-state index contributed by atoms with van der Waals surface area (Å²) < 4.78 is 0. The van der Waals surface area contributed by atoms with Gasteiger partial charge >= 0.3 is 0 Å². The lowest BCUT2D eigenvalue weighted by Crippen LogP contribution is -2.30. The molecule has 0 saturated heterocycles. The van der Waals surface area contributed by atoms with Crippen LogP contribution in [0, 0.1) is 6.92 Å². The molecule has 0 fully saturated rings. The second kappa shape index (κ2) is 8.15. The average molecular weight is 332 g/mol. The molecule has 1 heterocycles. The lowest BCUT2D eigenvalue weighted by Gasteiger charge is -2.09. The predicted octanol–water partition coefficient (Wildman–Crippen LogP) is 4.04. The van der Waals surface area contributed by atoms with E-state index in [9.17, 15) is 4.79 Å². The molecule has 0 saturated carbocycles. The smallest absolute Gasteiger partial charge is 0.233 e. The molecule has 0 unspecified atom stereocenters. The normalized spacial score (nSPS) is 11.9. The van der Waals surface area contributed by atoms with Gasteiger partial charge in [0.05, 0.1) is 10.9 Å². The van der Waals surface area contributed by atoms with Crippen LogP contribution in [0.15, 0.2) is 42.3 Å². The first-order chi connectivity index (χ1) is 10.6. The molecule has 116 valence electrons. The molecule has 0 aliphatic heterocycles. The highest BCUT2D eigenvalue weighted by molar-refractivity contribution is 7.99. The van der Waals surface area contributed by atoms with Gasteiger partial charge < -0.3 is 5.32 Å². The Morgan fingerprint density at radius 3 is 2.86 bits per heavy atom. The lowest BCUT2D eigenvalue weighted by molar-refractivity contribution is -0.120. The second-order valence-electron chi connectivity index (χ2n) is 5.00. The van der Waals surface area contributed by atoms with Crippen LogP contribution in [-0.2, 0) is 10.5 Å². The highest BCUT2D eigenvalue weighted by Crippen LogP contribution is 2.26. The van der Waals surface area contributed by atoms with Crippen LogP contribution in [-0.4, -0.2) is 22.7 Å². The first kappa shape index (κ1) is 16.8. The molecular weight excluding hydrogens is 312 g/mol. The van der Waals surface area contributed by atoms with Crippen LogP contribution >= 0.6 is 23.1 Å². The van der Waals surface area contributed by atoms with Crippen LogP contribution in [0.5, 0.6) is 0 Å². The van der Waals surface area contributed by atoms with Gasteiger partial charge in [0.15, 0.2) is 0 Å². The van der Waals surface area contributed by atoms with Crippen LogP contribution in [0.25, 0.3) is 10.6 Å². The van der Waals surface area contributed by atoms with Crippen LogP contribution in [0.2, 0.25) is 0 Å². The summed E-state index contributed by atoms with van der Waals surface area (Å²) in [6, 6.07) is 8.38. The maximum atomic E-state index is 11.8. The van der Waals surface area contributed by atoms with Gasteiger partial charge in [-0.1, -0.05) is 35.9 Å². The van der Waals surface area contributed by atoms with Crippen molar-refractivity contribution in [1.82, 2.24) is 10.3 Å². The zero-order valence-corrected chi connectivity index (χ0v) is 14.5. The van der Waals surface area contributed by atoms with Crippen LogP contribution in [0.3, 0.4) is 0 Å². The zero-order chi connectivity index (χ0) is 15.9. The summed E-state index contributed by atoms with van der Waals surface area (Å²) in [6.07, 6.45) is 1.68. The Morgan fingerprint density at radius 1 is 1.45 bits per heavy atom. The van der Waals surface area contributed by atoms with Crippen molar-refractivity contribution in [2.75, 3.05) is 6.54 Å². The number of nitrogens with zero attached hydrogens (tertiary/aromatic N) is 1. The Labute approximate surface area is 139 Å². The number of carbonyl (C=O) groups excluding carboxylic acids is 1.